The van der Waals surface area contributed by atoms with Gasteiger partial charge in [-0.15, -0.1) is 0 Å². The second-order valence-corrected chi connectivity index (χ2v) is 5.60. The topological polar surface area (TPSA) is 62.2 Å². The van der Waals surface area contributed by atoms with Gasteiger partial charge in [0.1, 0.15) is 5.69 Å². The molecular weight excluding hydrogens is 298 g/mol. The van der Waals surface area contributed by atoms with Crippen LogP contribution in [0.3, 0.4) is 0 Å². The fraction of sp³-hybridized carbons (Fsp3) is 0.455. The van der Waals surface area contributed by atoms with Crippen molar-refractivity contribution in [3.8, 4) is 0 Å². The van der Waals surface area contributed by atoms with E-state index in [-0.39, 0.29) is 20.8 Å². The first-order valence-corrected chi connectivity index (χ1v) is 6.30. The number of aromatic nitrogens is 1. The molecule has 0 spiro atoms. The first-order chi connectivity index (χ1) is 8.16. The first kappa shape index (κ1) is 15.5. The molecule has 100 valence electrons. The maximum atomic E-state index is 12.0. The van der Waals surface area contributed by atoms with Crippen LogP contribution in [0.4, 0.5) is 0 Å². The van der Waals surface area contributed by atoms with Gasteiger partial charge in [-0.1, -0.05) is 34.8 Å². The molecule has 0 radical (unpaired) electrons. The highest BCUT2D eigenvalue weighted by Gasteiger charge is 2.28. The number of rotatable bonds is 3. The van der Waals surface area contributed by atoms with Crippen LogP contribution in [0.2, 0.25) is 15.1 Å². The minimum Gasteiger partial charge on any atom is -0.391 e. The summed E-state index contributed by atoms with van der Waals surface area (Å²) in [5.41, 5.74) is -0.839. The Kier molecular flexibility index (Phi) is 4.84. The minimum absolute atomic E-state index is 0.0111. The van der Waals surface area contributed by atoms with Crippen molar-refractivity contribution in [2.75, 3.05) is 0 Å². The lowest BCUT2D eigenvalue weighted by Crippen LogP contribution is -2.51. The van der Waals surface area contributed by atoms with Crippen molar-refractivity contribution in [1.29, 1.82) is 0 Å². The highest BCUT2D eigenvalue weighted by atomic mass is 35.5. The van der Waals surface area contributed by atoms with Crippen molar-refractivity contribution in [3.05, 3.63) is 27.0 Å². The molecule has 7 heteroatoms. The number of pyridine rings is 1. The van der Waals surface area contributed by atoms with Crippen LogP contribution in [-0.4, -0.2) is 27.6 Å². The smallest absolute Gasteiger partial charge is 0.271 e. The second kappa shape index (κ2) is 5.61. The van der Waals surface area contributed by atoms with Crippen molar-refractivity contribution in [3.63, 3.8) is 0 Å². The van der Waals surface area contributed by atoms with Gasteiger partial charge in [-0.05, 0) is 20.8 Å². The molecule has 0 saturated carbocycles. The van der Waals surface area contributed by atoms with Crippen LogP contribution >= 0.6 is 34.8 Å². The van der Waals surface area contributed by atoms with Gasteiger partial charge in [0.2, 0.25) is 0 Å². The van der Waals surface area contributed by atoms with Crippen LogP contribution in [0.15, 0.2) is 6.20 Å². The Labute approximate surface area is 120 Å². The summed E-state index contributed by atoms with van der Waals surface area (Å²) in [5.74, 6) is -0.524. The van der Waals surface area contributed by atoms with E-state index in [2.05, 4.69) is 10.3 Å². The lowest BCUT2D eigenvalue weighted by atomic mass is 9.98. The Hall–Kier alpha value is -0.550. The quantitative estimate of drug-likeness (QED) is 0.902. The standard InChI is InChI=1S/C11H13Cl3N2O2/c1-5(17)11(2,3)16-10(18)9-8(14)7(13)6(12)4-15-9/h4-5,17H,1-3H3,(H,16,18). The molecule has 0 aliphatic rings. The van der Waals surface area contributed by atoms with Crippen molar-refractivity contribution in [2.24, 2.45) is 0 Å². The van der Waals surface area contributed by atoms with Gasteiger partial charge in [0.05, 0.1) is 26.7 Å². The number of hydrogen-bond acceptors (Lipinski definition) is 3. The molecule has 0 bridgehead atoms. The van der Waals surface area contributed by atoms with E-state index in [4.69, 9.17) is 34.8 Å². The molecule has 0 aromatic carbocycles. The zero-order valence-electron chi connectivity index (χ0n) is 10.1. The number of nitrogens with zero attached hydrogens (tertiary/aromatic N) is 1. The highest BCUT2D eigenvalue weighted by molar-refractivity contribution is 6.48. The van der Waals surface area contributed by atoms with Crippen LogP contribution < -0.4 is 5.32 Å². The zero-order valence-corrected chi connectivity index (χ0v) is 12.4. The van der Waals surface area contributed by atoms with E-state index in [0.29, 0.717) is 0 Å². The number of hydrogen-bond donors (Lipinski definition) is 2. The van der Waals surface area contributed by atoms with E-state index in [1.807, 2.05) is 0 Å². The molecule has 1 unspecified atom stereocenters. The van der Waals surface area contributed by atoms with Crippen LogP contribution in [0.5, 0.6) is 0 Å². The van der Waals surface area contributed by atoms with Gasteiger partial charge in [0.25, 0.3) is 5.91 Å². The fourth-order valence-electron chi connectivity index (χ4n) is 1.06. The predicted octanol–water partition coefficient (Wildman–Crippen LogP) is 2.93. The van der Waals surface area contributed by atoms with E-state index in [1.54, 1.807) is 20.8 Å². The Balaban J connectivity index is 3.03. The summed E-state index contributed by atoms with van der Waals surface area (Å²) in [5, 5.41) is 12.4. The number of carbonyl (C=O) groups is 1. The third-order valence-corrected chi connectivity index (χ3v) is 3.85. The molecule has 0 saturated heterocycles. The summed E-state index contributed by atoms with van der Waals surface area (Å²) in [7, 11) is 0. The number of halogens is 3. The predicted molar refractivity (Wildman–Crippen MR) is 72.5 cm³/mol. The van der Waals surface area contributed by atoms with Gasteiger partial charge in [-0.3, -0.25) is 4.79 Å². The molecule has 1 aromatic rings. The van der Waals surface area contributed by atoms with E-state index >= 15 is 0 Å². The number of amides is 1. The van der Waals surface area contributed by atoms with Gasteiger partial charge in [-0.2, -0.15) is 0 Å². The minimum atomic E-state index is -0.811. The van der Waals surface area contributed by atoms with E-state index in [9.17, 15) is 9.90 Å². The largest absolute Gasteiger partial charge is 0.391 e. The molecule has 4 nitrogen and oxygen atoms in total. The maximum Gasteiger partial charge on any atom is 0.271 e. The average molecular weight is 312 g/mol. The number of nitrogens with one attached hydrogen (secondary N) is 1. The van der Waals surface area contributed by atoms with Gasteiger partial charge in [0, 0.05) is 6.20 Å². The molecule has 0 fully saturated rings. The molecule has 18 heavy (non-hydrogen) atoms. The number of aliphatic hydroxyl groups is 1. The maximum absolute atomic E-state index is 12.0. The van der Waals surface area contributed by atoms with Gasteiger partial charge in [0.15, 0.2) is 0 Å². The summed E-state index contributed by atoms with van der Waals surface area (Å²) < 4.78 is 0. The van der Waals surface area contributed by atoms with Crippen LogP contribution in [0.1, 0.15) is 31.3 Å². The Morgan fingerprint density at radius 1 is 1.39 bits per heavy atom. The van der Waals surface area contributed by atoms with Gasteiger partial charge in [-0.25, -0.2) is 4.98 Å². The van der Waals surface area contributed by atoms with E-state index in [0.717, 1.165) is 0 Å². The Morgan fingerprint density at radius 2 is 1.94 bits per heavy atom. The molecule has 2 N–H and O–H groups in total. The first-order valence-electron chi connectivity index (χ1n) is 5.17. The van der Waals surface area contributed by atoms with Crippen molar-refractivity contribution in [2.45, 2.75) is 32.4 Å². The molecule has 1 aromatic heterocycles. The third kappa shape index (κ3) is 3.26. The number of carbonyl (C=O) groups excluding carboxylic acids is 1. The third-order valence-electron chi connectivity index (χ3n) is 2.61. The van der Waals surface area contributed by atoms with Crippen molar-refractivity contribution >= 4 is 40.7 Å². The SMILES string of the molecule is CC(O)C(C)(C)NC(=O)c1ncc(Cl)c(Cl)c1Cl. The lowest BCUT2D eigenvalue weighted by molar-refractivity contribution is 0.0705. The highest BCUT2D eigenvalue weighted by Crippen LogP contribution is 2.31. The van der Waals surface area contributed by atoms with Crippen LogP contribution in [0.25, 0.3) is 0 Å². The summed E-state index contributed by atoms with van der Waals surface area (Å²) in [6.07, 6.45) is 0.517. The molecule has 1 rings (SSSR count). The number of aliphatic hydroxyl groups excluding tert-OH is 1. The summed E-state index contributed by atoms with van der Waals surface area (Å²) in [6, 6.07) is 0. The van der Waals surface area contributed by atoms with Gasteiger partial charge < -0.3 is 10.4 Å². The normalized spacial score (nSPS) is 13.3. The average Bonchev–Trinajstić information content (AvgIpc) is 2.25. The molecule has 0 aliphatic carbocycles. The summed E-state index contributed by atoms with van der Waals surface area (Å²) >= 11 is 17.5. The van der Waals surface area contributed by atoms with Gasteiger partial charge >= 0.3 is 0 Å². The zero-order chi connectivity index (χ0) is 14.1. The van der Waals surface area contributed by atoms with Crippen LogP contribution in [-0.2, 0) is 0 Å². The Morgan fingerprint density at radius 3 is 2.44 bits per heavy atom. The summed E-state index contributed by atoms with van der Waals surface area (Å²) in [6.45, 7) is 4.94. The van der Waals surface area contributed by atoms with E-state index < -0.39 is 17.6 Å². The molecule has 1 amide bonds. The Bertz CT molecular complexity index is 476. The fourth-order valence-corrected chi connectivity index (χ4v) is 1.62. The lowest BCUT2D eigenvalue weighted by Gasteiger charge is -2.29. The monoisotopic (exact) mass is 310 g/mol. The molecule has 1 heterocycles. The van der Waals surface area contributed by atoms with Crippen LogP contribution in [0, 0.1) is 0 Å². The second-order valence-electron chi connectivity index (χ2n) is 4.43. The van der Waals surface area contributed by atoms with E-state index in [1.165, 1.54) is 6.20 Å². The molecule has 1 atom stereocenters. The molecule has 0 aliphatic heterocycles. The summed E-state index contributed by atoms with van der Waals surface area (Å²) in [4.78, 5) is 15.8. The van der Waals surface area contributed by atoms with Crippen molar-refractivity contribution in [1.82, 2.24) is 10.3 Å². The molecular formula is C11H13Cl3N2O2. The van der Waals surface area contributed by atoms with Crippen molar-refractivity contribution < 1.29 is 9.90 Å².